The first-order valence-corrected chi connectivity index (χ1v) is 7.93. The third-order valence-corrected chi connectivity index (χ3v) is 5.56. The number of ether oxygens (including phenoxy) is 1. The van der Waals surface area contributed by atoms with E-state index in [0.29, 0.717) is 25.6 Å². The summed E-state index contributed by atoms with van der Waals surface area (Å²) >= 11 is 0. The standard InChI is InChI=1S/C11H22N2O3S/c1-16-8-10-4-6-13(7-10)17(14,15)9-11-3-2-5-12-11/h10-12H,2-9H2,1H3. The number of rotatable bonds is 5. The van der Waals surface area contributed by atoms with Crippen LogP contribution in [0, 0.1) is 5.92 Å². The van der Waals surface area contributed by atoms with Gasteiger partial charge in [0.15, 0.2) is 0 Å². The predicted octanol–water partition coefficient (Wildman–Crippen LogP) is 0.0365. The largest absolute Gasteiger partial charge is 0.384 e. The topological polar surface area (TPSA) is 58.6 Å². The van der Waals surface area contributed by atoms with Crippen molar-refractivity contribution in [3.05, 3.63) is 0 Å². The third kappa shape index (κ3) is 3.40. The Bertz CT molecular complexity index is 339. The van der Waals surface area contributed by atoms with E-state index >= 15 is 0 Å². The molecule has 0 bridgehead atoms. The minimum absolute atomic E-state index is 0.154. The second-order valence-corrected chi connectivity index (χ2v) is 7.05. The molecule has 0 aromatic heterocycles. The molecule has 0 spiro atoms. The van der Waals surface area contributed by atoms with E-state index in [2.05, 4.69) is 5.32 Å². The van der Waals surface area contributed by atoms with Crippen LogP contribution in [-0.4, -0.2) is 57.9 Å². The van der Waals surface area contributed by atoms with Gasteiger partial charge in [-0.05, 0) is 31.7 Å². The van der Waals surface area contributed by atoms with Crippen molar-refractivity contribution in [1.29, 1.82) is 0 Å². The first-order chi connectivity index (χ1) is 8.12. The van der Waals surface area contributed by atoms with E-state index in [9.17, 15) is 8.42 Å². The molecule has 17 heavy (non-hydrogen) atoms. The third-order valence-electron chi connectivity index (χ3n) is 3.62. The molecule has 0 aromatic carbocycles. The van der Waals surface area contributed by atoms with Crippen molar-refractivity contribution < 1.29 is 13.2 Å². The number of nitrogens with zero attached hydrogens (tertiary/aromatic N) is 1. The summed E-state index contributed by atoms with van der Waals surface area (Å²) in [4.78, 5) is 0. The van der Waals surface area contributed by atoms with E-state index in [1.165, 1.54) is 0 Å². The van der Waals surface area contributed by atoms with Gasteiger partial charge in [0.1, 0.15) is 0 Å². The molecule has 2 rings (SSSR count). The quantitative estimate of drug-likeness (QED) is 0.760. The van der Waals surface area contributed by atoms with E-state index in [1.54, 1.807) is 11.4 Å². The number of sulfonamides is 1. The lowest BCUT2D eigenvalue weighted by Crippen LogP contribution is -2.38. The van der Waals surface area contributed by atoms with Gasteiger partial charge in [-0.3, -0.25) is 0 Å². The number of hydrogen-bond donors (Lipinski definition) is 1. The predicted molar refractivity (Wildman–Crippen MR) is 66.4 cm³/mol. The Morgan fingerprint density at radius 3 is 2.88 bits per heavy atom. The van der Waals surface area contributed by atoms with Crippen LogP contribution in [0.15, 0.2) is 0 Å². The summed E-state index contributed by atoms with van der Waals surface area (Å²) in [5.41, 5.74) is 0. The Balaban J connectivity index is 1.87. The molecule has 1 N–H and O–H groups in total. The van der Waals surface area contributed by atoms with Gasteiger partial charge in [-0.2, -0.15) is 0 Å². The molecule has 2 heterocycles. The Morgan fingerprint density at radius 1 is 1.41 bits per heavy atom. The highest BCUT2D eigenvalue weighted by Crippen LogP contribution is 2.21. The maximum atomic E-state index is 12.2. The van der Waals surface area contributed by atoms with Crippen molar-refractivity contribution in [2.45, 2.75) is 25.3 Å². The molecule has 0 aliphatic carbocycles. The summed E-state index contributed by atoms with van der Waals surface area (Å²) in [6, 6.07) is 0.154. The van der Waals surface area contributed by atoms with E-state index in [0.717, 1.165) is 25.8 Å². The summed E-state index contributed by atoms with van der Waals surface area (Å²) in [5.74, 6) is 0.624. The summed E-state index contributed by atoms with van der Waals surface area (Å²) in [7, 11) is -1.41. The highest BCUT2D eigenvalue weighted by atomic mass is 32.2. The lowest BCUT2D eigenvalue weighted by Gasteiger charge is -2.19. The van der Waals surface area contributed by atoms with Crippen LogP contribution in [0.4, 0.5) is 0 Å². The molecule has 0 saturated carbocycles. The van der Waals surface area contributed by atoms with E-state index in [-0.39, 0.29) is 11.8 Å². The summed E-state index contributed by atoms with van der Waals surface area (Å²) < 4.78 is 31.1. The maximum absolute atomic E-state index is 12.2. The Labute approximate surface area is 104 Å². The van der Waals surface area contributed by atoms with Crippen molar-refractivity contribution >= 4 is 10.0 Å². The first-order valence-electron chi connectivity index (χ1n) is 6.32. The summed E-state index contributed by atoms with van der Waals surface area (Å²) in [6.07, 6.45) is 2.99. The Kier molecular flexibility index (Phi) is 4.41. The molecule has 5 nitrogen and oxygen atoms in total. The van der Waals surface area contributed by atoms with Gasteiger partial charge < -0.3 is 10.1 Å². The molecule has 2 fully saturated rings. The minimum atomic E-state index is -3.08. The van der Waals surface area contributed by atoms with Crippen LogP contribution >= 0.6 is 0 Å². The van der Waals surface area contributed by atoms with Gasteiger partial charge in [-0.15, -0.1) is 0 Å². The minimum Gasteiger partial charge on any atom is -0.384 e. The van der Waals surface area contributed by atoms with Crippen molar-refractivity contribution in [1.82, 2.24) is 9.62 Å². The highest BCUT2D eigenvalue weighted by molar-refractivity contribution is 7.89. The zero-order valence-corrected chi connectivity index (χ0v) is 11.2. The Hall–Kier alpha value is -0.170. The normalized spacial score (nSPS) is 31.1. The molecular weight excluding hydrogens is 240 g/mol. The maximum Gasteiger partial charge on any atom is 0.215 e. The van der Waals surface area contributed by atoms with E-state index in [1.807, 2.05) is 0 Å². The number of nitrogens with one attached hydrogen (secondary N) is 1. The van der Waals surface area contributed by atoms with Crippen molar-refractivity contribution in [3.63, 3.8) is 0 Å². The van der Waals surface area contributed by atoms with Crippen molar-refractivity contribution in [3.8, 4) is 0 Å². The van der Waals surface area contributed by atoms with Crippen LogP contribution in [0.5, 0.6) is 0 Å². The molecule has 2 unspecified atom stereocenters. The highest BCUT2D eigenvalue weighted by Gasteiger charge is 2.33. The molecule has 2 saturated heterocycles. The van der Waals surface area contributed by atoms with E-state index < -0.39 is 10.0 Å². The molecule has 100 valence electrons. The van der Waals surface area contributed by atoms with E-state index in [4.69, 9.17) is 4.74 Å². The molecular formula is C11H22N2O3S. The smallest absolute Gasteiger partial charge is 0.215 e. The van der Waals surface area contributed by atoms with Gasteiger partial charge in [0.25, 0.3) is 0 Å². The fourth-order valence-corrected chi connectivity index (χ4v) is 4.51. The first kappa shape index (κ1) is 13.3. The molecule has 2 atom stereocenters. The monoisotopic (exact) mass is 262 g/mol. The fourth-order valence-electron chi connectivity index (χ4n) is 2.68. The zero-order valence-electron chi connectivity index (χ0n) is 10.4. The van der Waals surface area contributed by atoms with Crippen LogP contribution in [0.2, 0.25) is 0 Å². The lowest BCUT2D eigenvalue weighted by molar-refractivity contribution is 0.157. The zero-order chi connectivity index (χ0) is 12.3. The number of methoxy groups -OCH3 is 1. The van der Waals surface area contributed by atoms with Gasteiger partial charge >= 0.3 is 0 Å². The summed E-state index contributed by atoms with van der Waals surface area (Å²) in [6.45, 7) is 2.89. The average molecular weight is 262 g/mol. The van der Waals surface area contributed by atoms with Crippen LogP contribution in [-0.2, 0) is 14.8 Å². The van der Waals surface area contributed by atoms with Gasteiger partial charge in [0.05, 0.1) is 12.4 Å². The SMILES string of the molecule is COCC1CCN(S(=O)(=O)CC2CCCN2)C1. The molecule has 0 radical (unpaired) electrons. The van der Waals surface area contributed by atoms with Crippen molar-refractivity contribution in [2.75, 3.05) is 39.1 Å². The molecule has 0 amide bonds. The van der Waals surface area contributed by atoms with Gasteiger partial charge in [-0.1, -0.05) is 0 Å². The van der Waals surface area contributed by atoms with Crippen LogP contribution in [0.25, 0.3) is 0 Å². The van der Waals surface area contributed by atoms with Crippen LogP contribution in [0.1, 0.15) is 19.3 Å². The average Bonchev–Trinajstić information content (AvgIpc) is 2.88. The van der Waals surface area contributed by atoms with Gasteiger partial charge in [0.2, 0.25) is 10.0 Å². The van der Waals surface area contributed by atoms with Gasteiger partial charge in [-0.25, -0.2) is 12.7 Å². The number of hydrogen-bond acceptors (Lipinski definition) is 4. The molecule has 0 aromatic rings. The van der Waals surface area contributed by atoms with Gasteiger partial charge in [0, 0.05) is 26.2 Å². The molecule has 2 aliphatic heterocycles. The summed E-state index contributed by atoms with van der Waals surface area (Å²) in [5, 5.41) is 3.24. The second-order valence-electron chi connectivity index (χ2n) is 5.04. The Morgan fingerprint density at radius 2 is 2.24 bits per heavy atom. The molecule has 2 aliphatic rings. The lowest BCUT2D eigenvalue weighted by atomic mass is 10.1. The van der Waals surface area contributed by atoms with Crippen LogP contribution in [0.3, 0.4) is 0 Å². The molecule has 6 heteroatoms. The second kappa shape index (κ2) is 5.65. The van der Waals surface area contributed by atoms with Crippen molar-refractivity contribution in [2.24, 2.45) is 5.92 Å². The van der Waals surface area contributed by atoms with Crippen LogP contribution < -0.4 is 5.32 Å². The fraction of sp³-hybridized carbons (Fsp3) is 1.00.